The van der Waals surface area contributed by atoms with E-state index in [-0.39, 0.29) is 5.41 Å². The number of nitrogens with two attached hydrogens (primary N) is 1. The summed E-state index contributed by atoms with van der Waals surface area (Å²) >= 11 is 0. The van der Waals surface area contributed by atoms with E-state index in [4.69, 9.17) is 5.73 Å². The third-order valence-electron chi connectivity index (χ3n) is 2.92. The van der Waals surface area contributed by atoms with E-state index in [1.807, 2.05) is 6.08 Å². The van der Waals surface area contributed by atoms with E-state index in [1.165, 1.54) is 24.8 Å². The fourth-order valence-corrected chi connectivity index (χ4v) is 1.65. The van der Waals surface area contributed by atoms with E-state index in [0.717, 1.165) is 5.70 Å². The lowest BCUT2D eigenvalue weighted by Crippen LogP contribution is -2.31. The molecule has 1 nitrogen and oxygen atoms in total. The first kappa shape index (κ1) is 10.1. The van der Waals surface area contributed by atoms with Gasteiger partial charge in [-0.1, -0.05) is 32.1 Å². The van der Waals surface area contributed by atoms with E-state index in [0.29, 0.717) is 0 Å². The molecule has 13 heavy (non-hydrogen) atoms. The van der Waals surface area contributed by atoms with Gasteiger partial charge >= 0.3 is 0 Å². The predicted molar refractivity (Wildman–Crippen MR) is 58.2 cm³/mol. The minimum absolute atomic E-state index is 0.274. The van der Waals surface area contributed by atoms with Crippen LogP contribution in [0.15, 0.2) is 36.1 Å². The first-order chi connectivity index (χ1) is 6.08. The van der Waals surface area contributed by atoms with E-state index in [1.54, 1.807) is 6.08 Å². The van der Waals surface area contributed by atoms with Gasteiger partial charge in [-0.15, -0.1) is 0 Å². The maximum absolute atomic E-state index is 6.03. The lowest BCUT2D eigenvalue weighted by molar-refractivity contribution is 0.212. The summed E-state index contributed by atoms with van der Waals surface area (Å²) < 4.78 is 0. The number of hydrogen-bond acceptors (Lipinski definition) is 1. The first-order valence-corrected chi connectivity index (χ1v) is 4.85. The van der Waals surface area contributed by atoms with Gasteiger partial charge in [0.25, 0.3) is 0 Å². The van der Waals surface area contributed by atoms with Crippen LogP contribution in [0.3, 0.4) is 0 Å². The fraction of sp³-hybridized carbons (Fsp3) is 0.500. The summed E-state index contributed by atoms with van der Waals surface area (Å²) in [5, 5.41) is 0. The summed E-state index contributed by atoms with van der Waals surface area (Å²) in [5.74, 6) is 0. The van der Waals surface area contributed by atoms with E-state index < -0.39 is 0 Å². The molecule has 0 aromatic heterocycles. The van der Waals surface area contributed by atoms with Crippen LogP contribution in [0.2, 0.25) is 0 Å². The molecular formula is C12H19N. The Hall–Kier alpha value is -0.980. The highest BCUT2D eigenvalue weighted by Crippen LogP contribution is 2.44. The van der Waals surface area contributed by atoms with Crippen molar-refractivity contribution in [3.63, 3.8) is 0 Å². The summed E-state index contributed by atoms with van der Waals surface area (Å²) in [6, 6.07) is 0. The highest BCUT2D eigenvalue weighted by molar-refractivity contribution is 5.27. The van der Waals surface area contributed by atoms with E-state index in [9.17, 15) is 0 Å². The van der Waals surface area contributed by atoms with Crippen LogP contribution in [0.4, 0.5) is 0 Å². The van der Waals surface area contributed by atoms with E-state index in [2.05, 4.69) is 26.5 Å². The molecule has 0 radical (unpaired) electrons. The van der Waals surface area contributed by atoms with Crippen molar-refractivity contribution in [3.05, 3.63) is 36.1 Å². The molecule has 0 aliphatic heterocycles. The molecule has 0 spiro atoms. The van der Waals surface area contributed by atoms with Crippen LogP contribution in [-0.2, 0) is 0 Å². The van der Waals surface area contributed by atoms with Crippen LogP contribution in [0.25, 0.3) is 0 Å². The third-order valence-corrected chi connectivity index (χ3v) is 2.92. The molecule has 0 amide bonds. The van der Waals surface area contributed by atoms with E-state index >= 15 is 0 Å². The Morgan fingerprint density at radius 2 is 2.08 bits per heavy atom. The Bertz CT molecular complexity index is 254. The van der Waals surface area contributed by atoms with Gasteiger partial charge in [0.15, 0.2) is 0 Å². The van der Waals surface area contributed by atoms with Gasteiger partial charge < -0.3 is 5.73 Å². The zero-order valence-electron chi connectivity index (χ0n) is 8.64. The van der Waals surface area contributed by atoms with Crippen LogP contribution >= 0.6 is 0 Å². The summed E-state index contributed by atoms with van der Waals surface area (Å²) in [6.45, 7) is 7.95. The van der Waals surface area contributed by atoms with Crippen molar-refractivity contribution in [3.8, 4) is 0 Å². The molecule has 0 atom stereocenters. The average Bonchev–Trinajstić information content (AvgIpc) is 2.00. The minimum atomic E-state index is 0.274. The van der Waals surface area contributed by atoms with Gasteiger partial charge in [-0.25, -0.2) is 0 Å². The highest BCUT2D eigenvalue weighted by Gasteiger charge is 2.33. The molecule has 1 heteroatoms. The van der Waals surface area contributed by atoms with Gasteiger partial charge in [0.05, 0.1) is 0 Å². The Morgan fingerprint density at radius 1 is 1.46 bits per heavy atom. The van der Waals surface area contributed by atoms with Crippen LogP contribution < -0.4 is 5.73 Å². The Labute approximate surface area is 81.0 Å². The molecule has 1 saturated carbocycles. The molecule has 0 saturated heterocycles. The Balaban J connectivity index is 2.70. The summed E-state index contributed by atoms with van der Waals surface area (Å²) in [5.41, 5.74) is 8.51. The van der Waals surface area contributed by atoms with Crippen molar-refractivity contribution in [2.75, 3.05) is 0 Å². The monoisotopic (exact) mass is 177 g/mol. The SMILES string of the molecule is C=C/C=C(C)\C=C(/N)C1(C)CCC1. The number of rotatable bonds is 3. The van der Waals surface area contributed by atoms with Crippen LogP contribution in [-0.4, -0.2) is 0 Å². The van der Waals surface area contributed by atoms with Crippen molar-refractivity contribution in [1.82, 2.24) is 0 Å². The molecule has 1 rings (SSSR count). The highest BCUT2D eigenvalue weighted by atomic mass is 14.7. The zero-order valence-corrected chi connectivity index (χ0v) is 8.64. The van der Waals surface area contributed by atoms with Crippen molar-refractivity contribution < 1.29 is 0 Å². The van der Waals surface area contributed by atoms with Gasteiger partial charge in [-0.05, 0) is 31.4 Å². The maximum atomic E-state index is 6.03. The molecule has 72 valence electrons. The van der Waals surface area contributed by atoms with Crippen LogP contribution in [0.5, 0.6) is 0 Å². The quantitative estimate of drug-likeness (QED) is 0.658. The number of allylic oxidation sites excluding steroid dienone is 5. The van der Waals surface area contributed by atoms with Gasteiger partial charge in [0.1, 0.15) is 0 Å². The fourth-order valence-electron chi connectivity index (χ4n) is 1.65. The smallest absolute Gasteiger partial charge is 0.0143 e. The molecule has 0 unspecified atom stereocenters. The summed E-state index contributed by atoms with van der Waals surface area (Å²) in [7, 11) is 0. The van der Waals surface area contributed by atoms with Gasteiger partial charge in [-0.3, -0.25) is 0 Å². The van der Waals surface area contributed by atoms with Crippen molar-refractivity contribution in [2.45, 2.75) is 33.1 Å². The molecular weight excluding hydrogens is 158 g/mol. The lowest BCUT2D eigenvalue weighted by atomic mass is 9.68. The Kier molecular flexibility index (Phi) is 2.97. The molecule has 1 fully saturated rings. The van der Waals surface area contributed by atoms with Crippen LogP contribution in [0, 0.1) is 5.41 Å². The van der Waals surface area contributed by atoms with Crippen LogP contribution in [0.1, 0.15) is 33.1 Å². The van der Waals surface area contributed by atoms with Gasteiger partial charge in [0.2, 0.25) is 0 Å². The lowest BCUT2D eigenvalue weighted by Gasteiger charge is -2.39. The van der Waals surface area contributed by atoms with Crippen molar-refractivity contribution in [1.29, 1.82) is 0 Å². The normalized spacial score (nSPS) is 22.3. The van der Waals surface area contributed by atoms with Crippen molar-refractivity contribution >= 4 is 0 Å². The first-order valence-electron chi connectivity index (χ1n) is 4.85. The largest absolute Gasteiger partial charge is 0.402 e. The van der Waals surface area contributed by atoms with Crippen molar-refractivity contribution in [2.24, 2.45) is 11.1 Å². The minimum Gasteiger partial charge on any atom is -0.402 e. The molecule has 2 N–H and O–H groups in total. The second-order valence-electron chi connectivity index (χ2n) is 4.16. The second kappa shape index (κ2) is 3.82. The average molecular weight is 177 g/mol. The molecule has 0 aromatic rings. The van der Waals surface area contributed by atoms with Gasteiger partial charge in [-0.2, -0.15) is 0 Å². The molecule has 0 bridgehead atoms. The molecule has 0 heterocycles. The summed E-state index contributed by atoms with van der Waals surface area (Å²) in [6.07, 6.45) is 9.63. The van der Waals surface area contributed by atoms with Gasteiger partial charge in [0, 0.05) is 11.1 Å². The maximum Gasteiger partial charge on any atom is 0.0143 e. The number of hydrogen-bond donors (Lipinski definition) is 1. The Morgan fingerprint density at radius 3 is 2.46 bits per heavy atom. The molecule has 1 aliphatic rings. The molecule has 0 aromatic carbocycles. The standard InChI is InChI=1S/C12H19N/c1-4-6-10(2)9-11(13)12(3)7-5-8-12/h4,6,9H,1,5,7-8,13H2,2-3H3/b10-6-,11-9-. The third kappa shape index (κ3) is 2.24. The predicted octanol–water partition coefficient (Wildman–Crippen LogP) is 3.15. The zero-order chi connectivity index (χ0) is 9.90. The molecule has 1 aliphatic carbocycles. The summed E-state index contributed by atoms with van der Waals surface area (Å²) in [4.78, 5) is 0. The topological polar surface area (TPSA) is 26.0 Å². The second-order valence-corrected chi connectivity index (χ2v) is 4.16.